The molecule has 0 saturated carbocycles. The summed E-state index contributed by atoms with van der Waals surface area (Å²) in [6.07, 6.45) is 15.8. The number of hydrogen-bond donors (Lipinski definition) is 0. The maximum atomic E-state index is 14.8. The maximum absolute atomic E-state index is 14.8. The minimum Gasteiger partial charge on any atom is -0.206 e. The molecule has 182 valence electrons. The van der Waals surface area contributed by atoms with Gasteiger partial charge >= 0.3 is 0 Å². The molecule has 2 nitrogen and oxygen atoms in total. The summed E-state index contributed by atoms with van der Waals surface area (Å²) in [5.41, 5.74) is 5.80. The van der Waals surface area contributed by atoms with Crippen molar-refractivity contribution in [2.45, 2.75) is 64.7 Å². The Kier molecular flexibility index (Phi) is 11.1. The average Bonchev–Trinajstić information content (AvgIpc) is 2.88. The van der Waals surface area contributed by atoms with Gasteiger partial charge in [-0.25, -0.2) is 4.39 Å². The minimum absolute atomic E-state index is 0.252. The molecule has 3 aromatic rings. The number of halogens is 1. The highest BCUT2D eigenvalue weighted by Crippen LogP contribution is 2.24. The van der Waals surface area contributed by atoms with Gasteiger partial charge in [0.1, 0.15) is 5.82 Å². The van der Waals surface area contributed by atoms with E-state index in [2.05, 4.69) is 41.9 Å². The highest BCUT2D eigenvalue weighted by molar-refractivity contribution is 5.84. The third kappa shape index (κ3) is 8.75. The summed E-state index contributed by atoms with van der Waals surface area (Å²) in [6.45, 7) is 6.02. The van der Waals surface area contributed by atoms with Crippen molar-refractivity contribution in [1.82, 2.24) is 0 Å². The predicted octanol–water partition coefficient (Wildman–Crippen LogP) is 8.97. The van der Waals surface area contributed by atoms with Gasteiger partial charge in [0.05, 0.1) is 12.4 Å². The van der Waals surface area contributed by atoms with Crippen molar-refractivity contribution in [2.75, 3.05) is 0 Å². The number of unbranched alkanes of at least 4 members (excludes halogenated alkanes) is 5. The lowest BCUT2D eigenvalue weighted by Crippen LogP contribution is -1.93. The van der Waals surface area contributed by atoms with Crippen LogP contribution in [-0.4, -0.2) is 12.4 Å². The van der Waals surface area contributed by atoms with Crippen molar-refractivity contribution in [1.29, 1.82) is 0 Å². The molecule has 0 atom stereocenters. The third-order valence-electron chi connectivity index (χ3n) is 6.21. The number of benzene rings is 3. The summed E-state index contributed by atoms with van der Waals surface area (Å²) < 4.78 is 14.8. The zero-order valence-electron chi connectivity index (χ0n) is 20.9. The van der Waals surface area contributed by atoms with E-state index in [9.17, 15) is 4.39 Å². The number of aryl methyl sites for hydroxylation is 2. The third-order valence-corrected chi connectivity index (χ3v) is 6.21. The fraction of sp³-hybridized carbons (Fsp3) is 0.312. The van der Waals surface area contributed by atoms with Crippen molar-refractivity contribution in [3.8, 4) is 11.1 Å². The molecule has 0 aliphatic rings. The van der Waals surface area contributed by atoms with Crippen LogP contribution in [-0.2, 0) is 12.8 Å². The van der Waals surface area contributed by atoms with Crippen LogP contribution in [0.25, 0.3) is 11.1 Å². The van der Waals surface area contributed by atoms with Gasteiger partial charge in [0, 0.05) is 5.56 Å². The van der Waals surface area contributed by atoms with Crippen molar-refractivity contribution < 1.29 is 4.39 Å². The zero-order chi connectivity index (χ0) is 24.7. The molecule has 3 rings (SSSR count). The lowest BCUT2D eigenvalue weighted by atomic mass is 10.00. The molecule has 0 amide bonds. The number of rotatable bonds is 14. The normalized spacial score (nSPS) is 11.5. The predicted molar refractivity (Wildman–Crippen MR) is 149 cm³/mol. The Hall–Kier alpha value is -3.33. The monoisotopic (exact) mass is 468 g/mol. The summed E-state index contributed by atoms with van der Waals surface area (Å²) in [5.74, 6) is -0.252. The lowest BCUT2D eigenvalue weighted by Gasteiger charge is -2.07. The van der Waals surface area contributed by atoms with E-state index >= 15 is 0 Å². The molecular weight excluding hydrogens is 431 g/mol. The van der Waals surface area contributed by atoms with Crippen LogP contribution in [0.2, 0.25) is 0 Å². The van der Waals surface area contributed by atoms with E-state index in [4.69, 9.17) is 0 Å². The zero-order valence-corrected chi connectivity index (χ0v) is 20.9. The average molecular weight is 469 g/mol. The van der Waals surface area contributed by atoms with Gasteiger partial charge in [-0.15, -0.1) is 6.58 Å². The molecule has 0 radical (unpaired) electrons. The van der Waals surface area contributed by atoms with Crippen LogP contribution >= 0.6 is 0 Å². The molecule has 0 aliphatic carbocycles. The number of nitrogens with zero attached hydrogens (tertiary/aromatic N) is 2. The van der Waals surface area contributed by atoms with Crippen molar-refractivity contribution in [3.63, 3.8) is 0 Å². The summed E-state index contributed by atoms with van der Waals surface area (Å²) in [4.78, 5) is 0. The Morgan fingerprint density at radius 1 is 0.800 bits per heavy atom. The van der Waals surface area contributed by atoms with Gasteiger partial charge in [-0.3, -0.25) is 0 Å². The first-order valence-corrected chi connectivity index (χ1v) is 12.9. The van der Waals surface area contributed by atoms with Gasteiger partial charge in [-0.05, 0) is 66.0 Å². The highest BCUT2D eigenvalue weighted by atomic mass is 19.1. The Morgan fingerprint density at radius 2 is 1.57 bits per heavy atom. The number of hydrogen-bond acceptors (Lipinski definition) is 2. The molecule has 0 aromatic heterocycles. The van der Waals surface area contributed by atoms with E-state index in [1.807, 2.05) is 48.5 Å². The van der Waals surface area contributed by atoms with Crippen LogP contribution in [0.3, 0.4) is 0 Å². The van der Waals surface area contributed by atoms with Gasteiger partial charge in [0.15, 0.2) is 0 Å². The van der Waals surface area contributed by atoms with Gasteiger partial charge in [0.25, 0.3) is 0 Å². The second-order valence-electron chi connectivity index (χ2n) is 8.97. The van der Waals surface area contributed by atoms with E-state index in [1.165, 1.54) is 49.3 Å². The SMILES string of the molecule is C=CCCCc1ccccc1C=NN=Cc1ccc(-c2ccc(CCCCCCC)cc2)c(F)c1. The van der Waals surface area contributed by atoms with E-state index in [1.54, 1.807) is 12.4 Å². The fourth-order valence-corrected chi connectivity index (χ4v) is 4.15. The Morgan fingerprint density at radius 3 is 2.34 bits per heavy atom. The molecule has 0 N–H and O–H groups in total. The van der Waals surface area contributed by atoms with Crippen molar-refractivity contribution >= 4 is 12.4 Å². The summed E-state index contributed by atoms with van der Waals surface area (Å²) in [5, 5.41) is 8.33. The molecule has 0 bridgehead atoms. The quantitative estimate of drug-likeness (QED) is 0.0976. The van der Waals surface area contributed by atoms with Gasteiger partial charge < -0.3 is 0 Å². The Bertz CT molecular complexity index is 1110. The summed E-state index contributed by atoms with van der Waals surface area (Å²) in [6, 6.07) is 21.7. The molecule has 0 spiro atoms. The molecule has 3 aromatic carbocycles. The molecule has 0 saturated heterocycles. The van der Waals surface area contributed by atoms with Crippen LogP contribution < -0.4 is 0 Å². The van der Waals surface area contributed by atoms with E-state index in [-0.39, 0.29) is 5.82 Å². The second kappa shape index (κ2) is 14.8. The molecule has 0 fully saturated rings. The molecule has 35 heavy (non-hydrogen) atoms. The van der Waals surface area contributed by atoms with Gasteiger partial charge in [-0.2, -0.15) is 10.2 Å². The van der Waals surface area contributed by atoms with E-state index < -0.39 is 0 Å². The summed E-state index contributed by atoms with van der Waals surface area (Å²) in [7, 11) is 0. The van der Waals surface area contributed by atoms with Crippen LogP contribution in [0, 0.1) is 5.82 Å². The van der Waals surface area contributed by atoms with Crippen molar-refractivity contribution in [2.24, 2.45) is 10.2 Å². The highest BCUT2D eigenvalue weighted by Gasteiger charge is 2.06. The first kappa shape index (κ1) is 26.3. The standard InChI is InChI=1S/C32H37FN2/c1-3-5-7-8-10-13-26-17-20-29(21-18-26)31-22-19-27(23-32(31)33)24-34-35-25-30-16-12-11-15-28(30)14-9-6-4-2/h4,11-12,15-25H,2-3,5-10,13-14H2,1H3. The smallest absolute Gasteiger partial charge is 0.131 e. The molecule has 0 heterocycles. The summed E-state index contributed by atoms with van der Waals surface area (Å²) >= 11 is 0. The molecule has 3 heteroatoms. The van der Waals surface area contributed by atoms with Crippen LogP contribution in [0.4, 0.5) is 4.39 Å². The molecule has 0 unspecified atom stereocenters. The van der Waals surface area contributed by atoms with Crippen LogP contribution in [0.1, 0.15) is 74.1 Å². The number of allylic oxidation sites excluding steroid dienone is 1. The van der Waals surface area contributed by atoms with Crippen LogP contribution in [0.5, 0.6) is 0 Å². The van der Waals surface area contributed by atoms with E-state index in [0.29, 0.717) is 11.1 Å². The van der Waals surface area contributed by atoms with Crippen LogP contribution in [0.15, 0.2) is 89.6 Å². The Labute approximate surface area is 210 Å². The maximum Gasteiger partial charge on any atom is 0.131 e. The Balaban J connectivity index is 1.58. The van der Waals surface area contributed by atoms with Gasteiger partial charge in [0.2, 0.25) is 0 Å². The largest absolute Gasteiger partial charge is 0.206 e. The second-order valence-corrected chi connectivity index (χ2v) is 8.97. The first-order valence-electron chi connectivity index (χ1n) is 12.9. The molecule has 0 aliphatic heterocycles. The molecular formula is C32H37FN2. The topological polar surface area (TPSA) is 24.7 Å². The first-order chi connectivity index (χ1) is 17.2. The minimum atomic E-state index is -0.252. The van der Waals surface area contributed by atoms with E-state index in [0.717, 1.165) is 36.8 Å². The lowest BCUT2D eigenvalue weighted by molar-refractivity contribution is 0.630. The fourth-order valence-electron chi connectivity index (χ4n) is 4.15. The van der Waals surface area contributed by atoms with Crippen molar-refractivity contribution in [3.05, 3.63) is 107 Å². The van der Waals surface area contributed by atoms with Gasteiger partial charge in [-0.1, -0.05) is 99.3 Å².